The van der Waals surface area contributed by atoms with Crippen LogP contribution in [-0.4, -0.2) is 18.6 Å². The second-order valence-electron chi connectivity index (χ2n) is 4.78. The lowest BCUT2D eigenvalue weighted by Crippen LogP contribution is -2.45. The van der Waals surface area contributed by atoms with Crippen LogP contribution in [0, 0.1) is 18.3 Å². The van der Waals surface area contributed by atoms with E-state index in [2.05, 4.69) is 11.2 Å². The van der Waals surface area contributed by atoms with Crippen molar-refractivity contribution in [1.82, 2.24) is 5.32 Å². The first-order chi connectivity index (χ1) is 9.58. The number of terminal acetylenes is 1. The fourth-order valence-electron chi connectivity index (χ4n) is 1.87. The van der Waals surface area contributed by atoms with Crippen molar-refractivity contribution in [2.24, 2.45) is 11.7 Å². The summed E-state index contributed by atoms with van der Waals surface area (Å²) in [4.78, 5) is 11.4. The van der Waals surface area contributed by atoms with Crippen molar-refractivity contribution in [3.8, 4) is 18.1 Å². The molecule has 4 heteroatoms. The number of ether oxygens (including phenoxy) is 1. The number of benzene rings is 1. The summed E-state index contributed by atoms with van der Waals surface area (Å²) in [6, 6.07) is 7.28. The number of amides is 1. The average molecular weight is 274 g/mol. The molecule has 1 rings (SSSR count). The lowest BCUT2D eigenvalue weighted by molar-refractivity contribution is -0.121. The van der Waals surface area contributed by atoms with Crippen molar-refractivity contribution in [3.63, 3.8) is 0 Å². The van der Waals surface area contributed by atoms with Crippen LogP contribution in [0.3, 0.4) is 0 Å². The molecule has 2 atom stereocenters. The maximum Gasteiger partial charge on any atom is 0.234 e. The van der Waals surface area contributed by atoms with Crippen LogP contribution in [0.2, 0.25) is 0 Å². The molecule has 0 aliphatic rings. The standard InChI is InChI=1S/C16H22N2O2/c1-4-10-20-14-8-6-13(7-9-14)11-18-15(16(17)19)12(3)5-2/h1,6-9,12,15,18H,5,10-11H2,2-3H3,(H2,17,19)/t12-,15+/m1/s1. The van der Waals surface area contributed by atoms with Crippen molar-refractivity contribution in [1.29, 1.82) is 0 Å². The van der Waals surface area contributed by atoms with Crippen molar-refractivity contribution < 1.29 is 9.53 Å². The summed E-state index contributed by atoms with van der Waals surface area (Å²) in [6.07, 6.45) is 6.03. The van der Waals surface area contributed by atoms with E-state index in [4.69, 9.17) is 16.9 Å². The van der Waals surface area contributed by atoms with Gasteiger partial charge < -0.3 is 15.8 Å². The van der Waals surface area contributed by atoms with Gasteiger partial charge in [0.15, 0.2) is 0 Å². The Labute approximate surface area is 120 Å². The third kappa shape index (κ3) is 4.94. The van der Waals surface area contributed by atoms with E-state index in [1.54, 1.807) is 0 Å². The molecular formula is C16H22N2O2. The first kappa shape index (κ1) is 16.1. The van der Waals surface area contributed by atoms with Crippen molar-refractivity contribution in [3.05, 3.63) is 29.8 Å². The van der Waals surface area contributed by atoms with E-state index in [1.807, 2.05) is 38.1 Å². The first-order valence-corrected chi connectivity index (χ1v) is 6.76. The number of hydrogen-bond acceptors (Lipinski definition) is 3. The highest BCUT2D eigenvalue weighted by atomic mass is 16.5. The number of nitrogens with two attached hydrogens (primary N) is 1. The Balaban J connectivity index is 2.56. The zero-order valence-electron chi connectivity index (χ0n) is 12.1. The highest BCUT2D eigenvalue weighted by Crippen LogP contribution is 2.13. The Bertz CT molecular complexity index is 462. The molecule has 4 nitrogen and oxygen atoms in total. The van der Waals surface area contributed by atoms with Gasteiger partial charge in [0.2, 0.25) is 5.91 Å². The van der Waals surface area contributed by atoms with Gasteiger partial charge in [0.25, 0.3) is 0 Å². The van der Waals surface area contributed by atoms with Gasteiger partial charge in [0.05, 0.1) is 6.04 Å². The van der Waals surface area contributed by atoms with Crippen LogP contribution in [0.1, 0.15) is 25.8 Å². The van der Waals surface area contributed by atoms with E-state index < -0.39 is 0 Å². The molecule has 3 N–H and O–H groups in total. The van der Waals surface area contributed by atoms with Crippen LogP contribution in [0.15, 0.2) is 24.3 Å². The van der Waals surface area contributed by atoms with Gasteiger partial charge in [0, 0.05) is 6.54 Å². The minimum absolute atomic E-state index is 0.214. The van der Waals surface area contributed by atoms with Gasteiger partial charge in [-0.25, -0.2) is 0 Å². The van der Waals surface area contributed by atoms with Gasteiger partial charge in [-0.2, -0.15) is 0 Å². The molecule has 0 spiro atoms. The summed E-state index contributed by atoms with van der Waals surface area (Å²) < 4.78 is 5.30. The molecule has 0 bridgehead atoms. The fraction of sp³-hybridized carbons (Fsp3) is 0.438. The summed E-state index contributed by atoms with van der Waals surface area (Å²) in [7, 11) is 0. The van der Waals surface area contributed by atoms with Crippen LogP contribution < -0.4 is 15.8 Å². The van der Waals surface area contributed by atoms with Crippen molar-refractivity contribution in [2.45, 2.75) is 32.9 Å². The van der Waals surface area contributed by atoms with Gasteiger partial charge in [-0.3, -0.25) is 4.79 Å². The summed E-state index contributed by atoms with van der Waals surface area (Å²) in [5.41, 5.74) is 6.48. The van der Waals surface area contributed by atoms with Gasteiger partial charge in [-0.15, -0.1) is 6.42 Å². The lowest BCUT2D eigenvalue weighted by Gasteiger charge is -2.21. The molecule has 0 radical (unpaired) electrons. The van der Waals surface area contributed by atoms with Crippen molar-refractivity contribution in [2.75, 3.05) is 6.61 Å². The van der Waals surface area contributed by atoms with Crippen LogP contribution in [0.4, 0.5) is 0 Å². The van der Waals surface area contributed by atoms with E-state index in [0.29, 0.717) is 6.54 Å². The topological polar surface area (TPSA) is 64.3 Å². The van der Waals surface area contributed by atoms with Gasteiger partial charge in [0.1, 0.15) is 12.4 Å². The Morgan fingerprint density at radius 3 is 2.60 bits per heavy atom. The Kier molecular flexibility index (Phi) is 6.61. The summed E-state index contributed by atoms with van der Waals surface area (Å²) in [5.74, 6) is 3.05. The predicted molar refractivity (Wildman–Crippen MR) is 80.0 cm³/mol. The molecule has 0 aliphatic heterocycles. The van der Waals surface area contributed by atoms with Crippen LogP contribution in [-0.2, 0) is 11.3 Å². The number of nitrogens with one attached hydrogen (secondary N) is 1. The fourth-order valence-corrected chi connectivity index (χ4v) is 1.87. The molecule has 0 fully saturated rings. The second-order valence-corrected chi connectivity index (χ2v) is 4.78. The first-order valence-electron chi connectivity index (χ1n) is 6.76. The molecule has 0 heterocycles. The molecule has 0 aliphatic carbocycles. The quantitative estimate of drug-likeness (QED) is 0.709. The second kappa shape index (κ2) is 8.23. The molecule has 1 aromatic rings. The van der Waals surface area contributed by atoms with E-state index in [9.17, 15) is 4.79 Å². The number of primary amides is 1. The molecule has 1 amide bonds. The number of rotatable bonds is 8. The maximum absolute atomic E-state index is 11.4. The maximum atomic E-state index is 11.4. The minimum atomic E-state index is -0.312. The molecule has 1 aromatic carbocycles. The number of hydrogen-bond donors (Lipinski definition) is 2. The summed E-state index contributed by atoms with van der Waals surface area (Å²) in [5, 5.41) is 3.20. The van der Waals surface area contributed by atoms with E-state index in [-0.39, 0.29) is 24.5 Å². The molecule has 20 heavy (non-hydrogen) atoms. The minimum Gasteiger partial charge on any atom is -0.481 e. The zero-order valence-corrected chi connectivity index (χ0v) is 12.1. The molecular weight excluding hydrogens is 252 g/mol. The Hall–Kier alpha value is -1.99. The van der Waals surface area contributed by atoms with E-state index in [0.717, 1.165) is 17.7 Å². The largest absolute Gasteiger partial charge is 0.481 e. The van der Waals surface area contributed by atoms with Crippen molar-refractivity contribution >= 4 is 5.91 Å². The normalized spacial score (nSPS) is 13.2. The predicted octanol–water partition coefficient (Wildman–Crippen LogP) is 1.69. The third-order valence-electron chi connectivity index (χ3n) is 3.29. The smallest absolute Gasteiger partial charge is 0.234 e. The van der Waals surface area contributed by atoms with Gasteiger partial charge >= 0.3 is 0 Å². The highest BCUT2D eigenvalue weighted by molar-refractivity contribution is 5.80. The molecule has 108 valence electrons. The average Bonchev–Trinajstić information content (AvgIpc) is 2.45. The molecule has 0 unspecified atom stereocenters. The lowest BCUT2D eigenvalue weighted by atomic mass is 9.98. The molecule has 0 aromatic heterocycles. The van der Waals surface area contributed by atoms with Crippen LogP contribution >= 0.6 is 0 Å². The molecule has 0 saturated heterocycles. The monoisotopic (exact) mass is 274 g/mol. The zero-order chi connectivity index (χ0) is 15.0. The van der Waals surface area contributed by atoms with E-state index in [1.165, 1.54) is 0 Å². The Morgan fingerprint density at radius 1 is 1.45 bits per heavy atom. The molecule has 0 saturated carbocycles. The highest BCUT2D eigenvalue weighted by Gasteiger charge is 2.20. The number of carbonyl (C=O) groups excluding carboxylic acids is 1. The third-order valence-corrected chi connectivity index (χ3v) is 3.29. The van der Waals surface area contributed by atoms with Gasteiger partial charge in [-0.1, -0.05) is 38.3 Å². The van der Waals surface area contributed by atoms with Crippen LogP contribution in [0.25, 0.3) is 0 Å². The van der Waals surface area contributed by atoms with Crippen LogP contribution in [0.5, 0.6) is 5.75 Å². The van der Waals surface area contributed by atoms with Gasteiger partial charge in [-0.05, 0) is 23.6 Å². The number of carbonyl (C=O) groups is 1. The summed E-state index contributed by atoms with van der Waals surface area (Å²) >= 11 is 0. The summed E-state index contributed by atoms with van der Waals surface area (Å²) in [6.45, 7) is 4.90. The van der Waals surface area contributed by atoms with E-state index >= 15 is 0 Å². The SMILES string of the molecule is C#CCOc1ccc(CN[C@H](C(N)=O)[C@H](C)CC)cc1. The Morgan fingerprint density at radius 2 is 2.10 bits per heavy atom.